The van der Waals surface area contributed by atoms with Crippen LogP contribution in [-0.4, -0.2) is 87.9 Å². The molecule has 0 saturated heterocycles. The third kappa shape index (κ3) is 13.8. The minimum atomic E-state index is -1.31. The zero-order valence-corrected chi connectivity index (χ0v) is 26.1. The van der Waals surface area contributed by atoms with E-state index in [0.29, 0.717) is 16.9 Å². The molecule has 14 nitrogen and oxygen atoms in total. The van der Waals surface area contributed by atoms with Gasteiger partial charge < -0.3 is 41.4 Å². The Balaban J connectivity index is 1.93. The van der Waals surface area contributed by atoms with Gasteiger partial charge in [0, 0.05) is 19.8 Å². The highest BCUT2D eigenvalue weighted by molar-refractivity contribution is 7.90. The Labute approximate surface area is 264 Å². The average Bonchev–Trinajstić information content (AvgIpc) is 2.98. The Morgan fingerprint density at radius 1 is 0.867 bits per heavy atom. The van der Waals surface area contributed by atoms with Gasteiger partial charge in [-0.2, -0.15) is 0 Å². The molecule has 0 spiro atoms. The van der Waals surface area contributed by atoms with E-state index < -0.39 is 77.5 Å². The standard InChI is InChI=1S/C30H39N5O9S/c1-18(33-28(39)23(31)15-21-9-11-22(12-10-21)44-19(2)36)27(38)32-17-26(37)34-25(16-20-7-5-4-6-8-20)29(40)35-24(30(41)42)13-14-45(3)43/h4-12,18,23-25H,13-17,31H2,1-3H3,(H,32,38)(H,33,39)(H,34,37)(H,35,40)(H,41,42)/t18-,23+,24+,25+,45?/m1/s1. The van der Waals surface area contributed by atoms with Crippen molar-refractivity contribution >= 4 is 46.7 Å². The summed E-state index contributed by atoms with van der Waals surface area (Å²) < 4.78 is 16.4. The van der Waals surface area contributed by atoms with Crippen molar-refractivity contribution in [1.82, 2.24) is 21.3 Å². The molecule has 0 saturated carbocycles. The van der Waals surface area contributed by atoms with Gasteiger partial charge in [0.15, 0.2) is 0 Å². The van der Waals surface area contributed by atoms with E-state index in [1.54, 1.807) is 54.6 Å². The Kier molecular flexibility index (Phi) is 15.0. The smallest absolute Gasteiger partial charge is 0.326 e. The largest absolute Gasteiger partial charge is 0.617 e. The van der Waals surface area contributed by atoms with Crippen LogP contribution in [0.4, 0.5) is 0 Å². The number of hydrogen-bond acceptors (Lipinski definition) is 9. The van der Waals surface area contributed by atoms with Crippen LogP contribution in [0.2, 0.25) is 0 Å². The number of nitrogens with two attached hydrogens (primary N) is 1. The fraction of sp³-hybridized carbons (Fsp3) is 0.400. The number of rotatable bonds is 17. The van der Waals surface area contributed by atoms with Crippen LogP contribution in [0.3, 0.4) is 0 Å². The van der Waals surface area contributed by atoms with Gasteiger partial charge in [-0.25, -0.2) is 4.79 Å². The second kappa shape index (κ2) is 18.4. The summed E-state index contributed by atoms with van der Waals surface area (Å²) in [6.07, 6.45) is 1.53. The summed E-state index contributed by atoms with van der Waals surface area (Å²) >= 11 is -1.27. The van der Waals surface area contributed by atoms with Crippen molar-refractivity contribution in [1.29, 1.82) is 0 Å². The highest BCUT2D eigenvalue weighted by atomic mass is 32.2. The normalized spacial score (nSPS) is 14.1. The van der Waals surface area contributed by atoms with Gasteiger partial charge in [-0.3, -0.25) is 24.0 Å². The Morgan fingerprint density at radius 3 is 2.07 bits per heavy atom. The first-order valence-electron chi connectivity index (χ1n) is 14.0. The number of hydrogen-bond donors (Lipinski definition) is 6. The molecule has 2 aromatic carbocycles. The minimum absolute atomic E-state index is 0.0369. The number of esters is 1. The molecule has 0 aromatic heterocycles. The van der Waals surface area contributed by atoms with Crippen LogP contribution < -0.4 is 31.7 Å². The van der Waals surface area contributed by atoms with E-state index in [1.165, 1.54) is 20.1 Å². The van der Waals surface area contributed by atoms with Gasteiger partial charge in [-0.05, 0) is 36.6 Å². The first kappa shape index (κ1) is 36.7. The highest BCUT2D eigenvalue weighted by Crippen LogP contribution is 2.13. The molecule has 244 valence electrons. The van der Waals surface area contributed by atoms with Crippen molar-refractivity contribution in [2.24, 2.45) is 5.73 Å². The maximum atomic E-state index is 13.0. The lowest BCUT2D eigenvalue weighted by molar-refractivity contribution is -0.142. The first-order valence-corrected chi connectivity index (χ1v) is 15.7. The molecule has 0 heterocycles. The van der Waals surface area contributed by atoms with E-state index in [2.05, 4.69) is 21.3 Å². The average molecular weight is 646 g/mol. The van der Waals surface area contributed by atoms with Gasteiger partial charge >= 0.3 is 11.9 Å². The number of aliphatic carboxylic acids is 1. The molecule has 2 aromatic rings. The molecule has 1 unspecified atom stereocenters. The predicted molar refractivity (Wildman–Crippen MR) is 165 cm³/mol. The van der Waals surface area contributed by atoms with Crippen molar-refractivity contribution < 1.29 is 43.2 Å². The molecule has 15 heteroatoms. The predicted octanol–water partition coefficient (Wildman–Crippen LogP) is -0.832. The Morgan fingerprint density at radius 2 is 1.49 bits per heavy atom. The number of carboxylic acids is 1. The van der Waals surface area contributed by atoms with Crippen molar-refractivity contribution in [2.75, 3.05) is 18.6 Å². The van der Waals surface area contributed by atoms with Crippen molar-refractivity contribution in [2.45, 2.75) is 57.3 Å². The summed E-state index contributed by atoms with van der Waals surface area (Å²) in [7, 11) is 0. The summed E-state index contributed by atoms with van der Waals surface area (Å²) in [5, 5.41) is 19.3. The first-order chi connectivity index (χ1) is 21.2. The van der Waals surface area contributed by atoms with Gasteiger partial charge in [0.2, 0.25) is 23.6 Å². The summed E-state index contributed by atoms with van der Waals surface area (Å²) in [6, 6.07) is 10.6. The molecule has 0 bridgehead atoms. The summed E-state index contributed by atoms with van der Waals surface area (Å²) in [5.41, 5.74) is 7.38. The van der Waals surface area contributed by atoms with Crippen LogP contribution in [0.5, 0.6) is 5.75 Å². The lowest BCUT2D eigenvalue weighted by Crippen LogP contribution is -2.55. The SMILES string of the molecule is CC(=O)Oc1ccc(C[C@H](N)C(=O)N[C@H](C)C(=O)NCC(=O)N[C@@H](Cc2ccccc2)C(=O)N[C@@H](CC[S+](C)[O-])C(=O)O)cc1. The maximum absolute atomic E-state index is 13.0. The number of nitrogens with one attached hydrogen (secondary N) is 4. The summed E-state index contributed by atoms with van der Waals surface area (Å²) in [5.74, 6) is -4.14. The molecule has 0 aliphatic heterocycles. The number of carbonyl (C=O) groups excluding carboxylic acids is 5. The van der Waals surface area contributed by atoms with Crippen molar-refractivity contribution in [3.63, 3.8) is 0 Å². The Bertz CT molecular complexity index is 1320. The van der Waals surface area contributed by atoms with Gasteiger partial charge in [0.25, 0.3) is 0 Å². The molecular weight excluding hydrogens is 606 g/mol. The van der Waals surface area contributed by atoms with E-state index in [1.807, 2.05) is 0 Å². The molecule has 5 atom stereocenters. The molecule has 0 radical (unpaired) electrons. The minimum Gasteiger partial charge on any atom is -0.617 e. The lowest BCUT2D eigenvalue weighted by Gasteiger charge is -2.22. The molecule has 7 N–H and O–H groups in total. The van der Waals surface area contributed by atoms with Gasteiger partial charge in [0.1, 0.15) is 29.6 Å². The van der Waals surface area contributed by atoms with E-state index in [-0.39, 0.29) is 25.0 Å². The molecule has 0 aliphatic rings. The van der Waals surface area contributed by atoms with Crippen LogP contribution in [0, 0.1) is 0 Å². The Hall–Kier alpha value is -4.47. The summed E-state index contributed by atoms with van der Waals surface area (Å²) in [4.78, 5) is 73.6. The molecule has 4 amide bonds. The number of benzene rings is 2. The third-order valence-corrected chi connectivity index (χ3v) is 7.21. The second-order valence-corrected chi connectivity index (χ2v) is 11.8. The lowest BCUT2D eigenvalue weighted by atomic mass is 10.0. The van der Waals surface area contributed by atoms with Crippen LogP contribution in [0.25, 0.3) is 0 Å². The van der Waals surface area contributed by atoms with E-state index in [9.17, 15) is 38.4 Å². The second-order valence-electron chi connectivity index (χ2n) is 10.3. The number of ether oxygens (including phenoxy) is 1. The number of carboxylic acid groups (broad SMARTS) is 1. The fourth-order valence-corrected chi connectivity index (χ4v) is 4.60. The highest BCUT2D eigenvalue weighted by Gasteiger charge is 2.28. The van der Waals surface area contributed by atoms with Crippen molar-refractivity contribution in [3.05, 3.63) is 65.7 Å². The third-order valence-electron chi connectivity index (χ3n) is 6.40. The van der Waals surface area contributed by atoms with Crippen LogP contribution in [0.1, 0.15) is 31.4 Å². The quantitative estimate of drug-likeness (QED) is 0.0710. The summed E-state index contributed by atoms with van der Waals surface area (Å²) in [6.45, 7) is 2.15. The molecule has 45 heavy (non-hydrogen) atoms. The topological polar surface area (TPSA) is 229 Å². The molecule has 0 aliphatic carbocycles. The molecule has 2 rings (SSSR count). The zero-order chi connectivity index (χ0) is 33.5. The van der Waals surface area contributed by atoms with Gasteiger partial charge in [-0.1, -0.05) is 53.6 Å². The van der Waals surface area contributed by atoms with E-state index in [0.717, 1.165) is 0 Å². The van der Waals surface area contributed by atoms with Crippen molar-refractivity contribution in [3.8, 4) is 5.75 Å². The van der Waals surface area contributed by atoms with Crippen LogP contribution >= 0.6 is 0 Å². The number of carbonyl (C=O) groups is 6. The zero-order valence-electron chi connectivity index (χ0n) is 25.2. The van der Waals surface area contributed by atoms with Crippen LogP contribution in [-0.2, 0) is 52.8 Å². The van der Waals surface area contributed by atoms with Gasteiger partial charge in [-0.15, -0.1) is 0 Å². The fourth-order valence-electron chi connectivity index (χ4n) is 4.03. The number of amides is 4. The maximum Gasteiger partial charge on any atom is 0.326 e. The van der Waals surface area contributed by atoms with Crippen LogP contribution in [0.15, 0.2) is 54.6 Å². The molecule has 0 fully saturated rings. The van der Waals surface area contributed by atoms with E-state index in [4.69, 9.17) is 10.5 Å². The molecular formula is C30H39N5O9S. The monoisotopic (exact) mass is 645 g/mol. The van der Waals surface area contributed by atoms with E-state index >= 15 is 0 Å². The van der Waals surface area contributed by atoms with Gasteiger partial charge in [0.05, 0.1) is 18.8 Å².